The third-order valence-corrected chi connectivity index (χ3v) is 4.37. The van der Waals surface area contributed by atoms with Gasteiger partial charge in [-0.25, -0.2) is 10.2 Å². The van der Waals surface area contributed by atoms with E-state index >= 15 is 0 Å². The van der Waals surface area contributed by atoms with Crippen molar-refractivity contribution in [2.24, 2.45) is 5.10 Å². The van der Waals surface area contributed by atoms with E-state index in [9.17, 15) is 19.6 Å². The first-order valence-electron chi connectivity index (χ1n) is 7.69. The fraction of sp³-hybridized carbons (Fsp3) is 0.667. The summed E-state index contributed by atoms with van der Waals surface area (Å²) in [7, 11) is 1.57. The van der Waals surface area contributed by atoms with Crippen LogP contribution in [0.5, 0.6) is 0 Å². The number of hydrogen-bond donors (Lipinski definition) is 1. The zero-order valence-electron chi connectivity index (χ0n) is 13.1. The van der Waals surface area contributed by atoms with E-state index in [1.54, 1.807) is 7.05 Å². The van der Waals surface area contributed by atoms with Crippen LogP contribution in [-0.4, -0.2) is 47.6 Å². The molecule has 1 aliphatic heterocycles. The highest BCUT2D eigenvalue weighted by molar-refractivity contribution is 6.37. The molecule has 1 fully saturated rings. The maximum Gasteiger partial charge on any atom is 0.355 e. The Bertz CT molecular complexity index is 573. The molecule has 8 heteroatoms. The summed E-state index contributed by atoms with van der Waals surface area (Å²) in [6.45, 7) is -0.439. The Morgan fingerprint density at radius 2 is 2.04 bits per heavy atom. The minimum atomic E-state index is -0.807. The van der Waals surface area contributed by atoms with Crippen LogP contribution in [0.25, 0.3) is 0 Å². The molecule has 0 saturated heterocycles. The van der Waals surface area contributed by atoms with Gasteiger partial charge in [0.05, 0.1) is 6.07 Å². The van der Waals surface area contributed by atoms with E-state index in [2.05, 4.69) is 16.6 Å². The summed E-state index contributed by atoms with van der Waals surface area (Å²) in [5.41, 5.74) is 1.48. The van der Waals surface area contributed by atoms with Crippen molar-refractivity contribution in [2.45, 2.75) is 50.5 Å². The van der Waals surface area contributed by atoms with Crippen LogP contribution in [0.4, 0.5) is 0 Å². The molecular weight excluding hydrogens is 300 g/mol. The van der Waals surface area contributed by atoms with Gasteiger partial charge in [-0.2, -0.15) is 10.4 Å². The Hall–Kier alpha value is -2.43. The van der Waals surface area contributed by atoms with E-state index in [0.29, 0.717) is 12.8 Å². The molecule has 1 aliphatic carbocycles. The second-order valence-electron chi connectivity index (χ2n) is 5.83. The van der Waals surface area contributed by atoms with Gasteiger partial charge in [-0.05, 0) is 12.8 Å². The molecule has 0 bridgehead atoms. The van der Waals surface area contributed by atoms with Gasteiger partial charge in [-0.15, -0.1) is 0 Å². The third-order valence-electron chi connectivity index (χ3n) is 4.37. The van der Waals surface area contributed by atoms with Crippen LogP contribution < -0.4 is 5.43 Å². The molecule has 0 aromatic heterocycles. The molecule has 0 aromatic carbocycles. The molecule has 124 valence electrons. The Balaban J connectivity index is 1.90. The van der Waals surface area contributed by atoms with Gasteiger partial charge in [0.15, 0.2) is 6.61 Å². The number of nitriles is 1. The molecule has 0 atom stereocenters. The number of likely N-dealkylation sites (N-methyl/N-ethyl adjacent to an activating group) is 1. The van der Waals surface area contributed by atoms with E-state index < -0.39 is 24.0 Å². The second kappa shape index (κ2) is 7.22. The van der Waals surface area contributed by atoms with Crippen LogP contribution in [-0.2, 0) is 19.1 Å². The fourth-order valence-electron chi connectivity index (χ4n) is 2.83. The lowest BCUT2D eigenvalue weighted by molar-refractivity contribution is -0.149. The average Bonchev–Trinajstić information content (AvgIpc) is 2.59. The summed E-state index contributed by atoms with van der Waals surface area (Å²) < 4.78 is 4.96. The van der Waals surface area contributed by atoms with Gasteiger partial charge in [-0.1, -0.05) is 19.3 Å². The predicted molar refractivity (Wildman–Crippen MR) is 80.0 cm³/mol. The summed E-state index contributed by atoms with van der Waals surface area (Å²) in [5, 5.41) is 13.1. The van der Waals surface area contributed by atoms with E-state index in [1.165, 1.54) is 4.90 Å². The van der Waals surface area contributed by atoms with Crippen LogP contribution in [0.3, 0.4) is 0 Å². The van der Waals surface area contributed by atoms with Crippen LogP contribution >= 0.6 is 0 Å². The van der Waals surface area contributed by atoms with Gasteiger partial charge < -0.3 is 9.64 Å². The number of nitrogens with zero attached hydrogens (tertiary/aromatic N) is 3. The van der Waals surface area contributed by atoms with Crippen LogP contribution in [0, 0.1) is 11.3 Å². The zero-order chi connectivity index (χ0) is 16.9. The lowest BCUT2D eigenvalue weighted by Crippen LogP contribution is -2.51. The molecule has 0 spiro atoms. The highest BCUT2D eigenvalue weighted by atomic mass is 16.5. The molecule has 2 aliphatic rings. The van der Waals surface area contributed by atoms with Gasteiger partial charge >= 0.3 is 5.97 Å². The highest BCUT2D eigenvalue weighted by Crippen LogP contribution is 2.32. The quantitative estimate of drug-likeness (QED) is 0.757. The van der Waals surface area contributed by atoms with Gasteiger partial charge in [0, 0.05) is 19.9 Å². The minimum absolute atomic E-state index is 0.0905. The highest BCUT2D eigenvalue weighted by Gasteiger charge is 2.39. The number of carbonyl (C=O) groups is 3. The molecule has 2 amide bonds. The zero-order valence-corrected chi connectivity index (χ0v) is 13.1. The molecule has 23 heavy (non-hydrogen) atoms. The monoisotopic (exact) mass is 320 g/mol. The van der Waals surface area contributed by atoms with Gasteiger partial charge in [0.2, 0.25) is 5.91 Å². The lowest BCUT2D eigenvalue weighted by atomic mass is 9.81. The van der Waals surface area contributed by atoms with Crippen molar-refractivity contribution in [3.05, 3.63) is 0 Å². The van der Waals surface area contributed by atoms with Crippen molar-refractivity contribution in [1.29, 1.82) is 5.26 Å². The van der Waals surface area contributed by atoms with E-state index in [-0.39, 0.29) is 24.5 Å². The van der Waals surface area contributed by atoms with Crippen molar-refractivity contribution in [3.63, 3.8) is 0 Å². The first-order valence-corrected chi connectivity index (χ1v) is 7.69. The maximum absolute atomic E-state index is 12.2. The summed E-state index contributed by atoms with van der Waals surface area (Å²) in [6.07, 6.45) is 4.50. The first kappa shape index (κ1) is 16.9. The van der Waals surface area contributed by atoms with Crippen LogP contribution in [0.15, 0.2) is 5.10 Å². The standard InChI is InChI=1S/C15H20N4O4/c1-19(15(10-16)7-3-2-4-8-15)13(21)9-23-14(22)11-5-6-12(20)18-17-11/h2-9H2,1H3,(H,18,20). The van der Waals surface area contributed by atoms with E-state index in [0.717, 1.165) is 19.3 Å². The summed E-state index contributed by atoms with van der Waals surface area (Å²) in [5.74, 6) is -1.39. The summed E-state index contributed by atoms with van der Waals surface area (Å²) in [4.78, 5) is 36.4. The van der Waals surface area contributed by atoms with Gasteiger partial charge in [0.1, 0.15) is 11.3 Å². The van der Waals surface area contributed by atoms with Gasteiger partial charge in [-0.3, -0.25) is 9.59 Å². The molecular formula is C15H20N4O4. The third kappa shape index (κ3) is 3.86. The van der Waals surface area contributed by atoms with Crippen LogP contribution in [0.1, 0.15) is 44.9 Å². The maximum atomic E-state index is 12.2. The average molecular weight is 320 g/mol. The van der Waals surface area contributed by atoms with Crippen molar-refractivity contribution in [2.75, 3.05) is 13.7 Å². The molecule has 0 unspecified atom stereocenters. The number of amides is 2. The van der Waals surface area contributed by atoms with Crippen molar-refractivity contribution < 1.29 is 19.1 Å². The smallest absolute Gasteiger partial charge is 0.355 e. The number of hydrazone groups is 1. The Morgan fingerprint density at radius 1 is 1.35 bits per heavy atom. The molecule has 0 aromatic rings. The number of nitrogens with one attached hydrogen (secondary N) is 1. The Morgan fingerprint density at radius 3 is 2.61 bits per heavy atom. The molecule has 8 nitrogen and oxygen atoms in total. The SMILES string of the molecule is CN(C(=O)COC(=O)C1=NNC(=O)CC1)C1(C#N)CCCCC1. The summed E-state index contributed by atoms with van der Waals surface area (Å²) >= 11 is 0. The van der Waals surface area contributed by atoms with Crippen molar-refractivity contribution in [1.82, 2.24) is 10.3 Å². The minimum Gasteiger partial charge on any atom is -0.451 e. The number of carbonyl (C=O) groups excluding carboxylic acids is 3. The molecule has 1 saturated carbocycles. The normalized spacial score (nSPS) is 19.8. The lowest BCUT2D eigenvalue weighted by Gasteiger charge is -2.38. The number of rotatable bonds is 4. The Kier molecular flexibility index (Phi) is 5.32. The predicted octanol–water partition coefficient (Wildman–Crippen LogP) is 0.480. The number of esters is 1. The number of hydrogen-bond acceptors (Lipinski definition) is 6. The molecule has 0 radical (unpaired) electrons. The molecule has 1 N–H and O–H groups in total. The molecule has 1 heterocycles. The summed E-state index contributed by atoms with van der Waals surface area (Å²) in [6, 6.07) is 2.25. The largest absolute Gasteiger partial charge is 0.451 e. The van der Waals surface area contributed by atoms with Crippen molar-refractivity contribution in [3.8, 4) is 6.07 Å². The first-order chi connectivity index (χ1) is 11.0. The second-order valence-corrected chi connectivity index (χ2v) is 5.83. The van der Waals surface area contributed by atoms with Crippen LogP contribution in [0.2, 0.25) is 0 Å². The van der Waals surface area contributed by atoms with E-state index in [1.807, 2.05) is 0 Å². The number of ether oxygens (including phenoxy) is 1. The van der Waals surface area contributed by atoms with E-state index in [4.69, 9.17) is 4.74 Å². The fourth-order valence-corrected chi connectivity index (χ4v) is 2.83. The molecule has 2 rings (SSSR count). The van der Waals surface area contributed by atoms with Crippen molar-refractivity contribution >= 4 is 23.5 Å². The Labute approximate surface area is 134 Å². The topological polar surface area (TPSA) is 112 Å². The van der Waals surface area contributed by atoms with Gasteiger partial charge in [0.25, 0.3) is 5.91 Å².